The maximum Gasteiger partial charge on any atom is 0.315 e. The molecule has 1 unspecified atom stereocenters. The Morgan fingerprint density at radius 3 is 3.00 bits per heavy atom. The van der Waals surface area contributed by atoms with Crippen LogP contribution in [0, 0.1) is 0 Å². The van der Waals surface area contributed by atoms with E-state index in [1.807, 2.05) is 24.6 Å². The number of carbonyl (C=O) groups is 1. The number of rotatable bonds is 7. The molecule has 0 aliphatic carbocycles. The predicted octanol–water partition coefficient (Wildman–Crippen LogP) is 3.16. The molecule has 0 radical (unpaired) electrons. The average molecular weight is 322 g/mol. The summed E-state index contributed by atoms with van der Waals surface area (Å²) in [6.07, 6.45) is 8.76. The lowest BCUT2D eigenvalue weighted by atomic mass is 10.1. The van der Waals surface area contributed by atoms with E-state index in [0.717, 1.165) is 50.3 Å². The number of amides is 2. The van der Waals surface area contributed by atoms with Gasteiger partial charge >= 0.3 is 6.03 Å². The molecule has 1 atom stereocenters. The molecule has 2 rings (SSSR count). The highest BCUT2D eigenvalue weighted by Gasteiger charge is 2.22. The molecule has 0 aromatic carbocycles. The Labute approximate surface area is 136 Å². The van der Waals surface area contributed by atoms with Crippen LogP contribution in [0.15, 0.2) is 24.2 Å². The van der Waals surface area contributed by atoms with Crippen LogP contribution in [0.4, 0.5) is 9.93 Å². The number of piperidine rings is 1. The van der Waals surface area contributed by atoms with Crippen LogP contribution in [0.25, 0.3) is 0 Å². The minimum Gasteiger partial charge on any atom is -0.348 e. The molecule has 6 heteroatoms. The molecule has 1 saturated heterocycles. The van der Waals surface area contributed by atoms with Crippen LogP contribution in [0.5, 0.6) is 0 Å². The van der Waals surface area contributed by atoms with Crippen molar-refractivity contribution in [3.05, 3.63) is 24.2 Å². The zero-order valence-electron chi connectivity index (χ0n) is 13.3. The van der Waals surface area contributed by atoms with Gasteiger partial charge in [0.25, 0.3) is 0 Å². The van der Waals surface area contributed by atoms with Crippen LogP contribution in [-0.4, -0.2) is 36.2 Å². The highest BCUT2D eigenvalue weighted by atomic mass is 32.1. The molecule has 22 heavy (non-hydrogen) atoms. The van der Waals surface area contributed by atoms with Gasteiger partial charge in [-0.05, 0) is 39.0 Å². The summed E-state index contributed by atoms with van der Waals surface area (Å²) >= 11 is 1.67. The second-order valence-electron chi connectivity index (χ2n) is 5.81. The van der Waals surface area contributed by atoms with Crippen molar-refractivity contribution < 1.29 is 4.79 Å². The second kappa shape index (κ2) is 8.78. The molecule has 1 aromatic heterocycles. The van der Waals surface area contributed by atoms with Gasteiger partial charge < -0.3 is 15.5 Å². The summed E-state index contributed by atoms with van der Waals surface area (Å²) in [5.41, 5.74) is 0. The number of hydrogen-bond donors (Lipinski definition) is 2. The lowest BCUT2D eigenvalue weighted by Gasteiger charge is -2.32. The first kappa shape index (κ1) is 16.8. The fourth-order valence-corrected chi connectivity index (χ4v) is 3.38. The molecule has 0 spiro atoms. The van der Waals surface area contributed by atoms with Crippen LogP contribution in [-0.2, 0) is 0 Å². The molecule has 1 fully saturated rings. The average Bonchev–Trinajstić information content (AvgIpc) is 3.02. The lowest BCUT2D eigenvalue weighted by molar-refractivity contribution is 0.230. The Morgan fingerprint density at radius 2 is 2.36 bits per heavy atom. The second-order valence-corrected chi connectivity index (χ2v) is 6.69. The number of nitrogens with one attached hydrogen (secondary N) is 2. The van der Waals surface area contributed by atoms with E-state index in [1.54, 1.807) is 11.3 Å². The Bertz CT molecular complexity index is 455. The number of allylic oxidation sites excluding steroid dienone is 1. The molecular formula is C16H26N4OS. The van der Waals surface area contributed by atoms with Crippen molar-refractivity contribution in [1.82, 2.24) is 15.6 Å². The number of urea groups is 1. The predicted molar refractivity (Wildman–Crippen MR) is 92.5 cm³/mol. The summed E-state index contributed by atoms with van der Waals surface area (Å²) in [7, 11) is 0. The smallest absolute Gasteiger partial charge is 0.315 e. The normalized spacial score (nSPS) is 17.0. The van der Waals surface area contributed by atoms with Gasteiger partial charge in [-0.25, -0.2) is 9.78 Å². The first-order chi connectivity index (χ1) is 10.7. The van der Waals surface area contributed by atoms with Crippen molar-refractivity contribution in [2.75, 3.05) is 18.0 Å². The van der Waals surface area contributed by atoms with Crippen molar-refractivity contribution in [3.8, 4) is 0 Å². The number of unbranched alkanes of at least 4 members (excludes halogenated alkanes) is 1. The van der Waals surface area contributed by atoms with E-state index in [1.165, 1.54) is 0 Å². The van der Waals surface area contributed by atoms with Crippen molar-refractivity contribution in [1.29, 1.82) is 0 Å². The van der Waals surface area contributed by atoms with Crippen molar-refractivity contribution >= 4 is 22.5 Å². The van der Waals surface area contributed by atoms with E-state index < -0.39 is 0 Å². The maximum absolute atomic E-state index is 12.0. The first-order valence-electron chi connectivity index (χ1n) is 8.01. The molecule has 122 valence electrons. The summed E-state index contributed by atoms with van der Waals surface area (Å²) in [4.78, 5) is 18.6. The van der Waals surface area contributed by atoms with Crippen LogP contribution in [0.3, 0.4) is 0 Å². The number of anilines is 1. The molecule has 2 N–H and O–H groups in total. The molecule has 1 aromatic rings. The molecular weight excluding hydrogens is 296 g/mol. The first-order valence-corrected chi connectivity index (χ1v) is 8.89. The Balaban J connectivity index is 1.65. The summed E-state index contributed by atoms with van der Waals surface area (Å²) in [5.74, 6) is 0. The molecule has 0 bridgehead atoms. The number of hydrogen-bond acceptors (Lipinski definition) is 4. The minimum absolute atomic E-state index is 0.0428. The highest BCUT2D eigenvalue weighted by molar-refractivity contribution is 7.13. The fourth-order valence-electron chi connectivity index (χ4n) is 2.68. The van der Waals surface area contributed by atoms with Gasteiger partial charge in [0.1, 0.15) is 0 Å². The lowest BCUT2D eigenvalue weighted by Crippen LogP contribution is -2.49. The van der Waals surface area contributed by atoms with E-state index in [4.69, 9.17) is 0 Å². The summed E-state index contributed by atoms with van der Waals surface area (Å²) in [6.45, 7) is 7.67. The van der Waals surface area contributed by atoms with Gasteiger partial charge in [0, 0.05) is 36.8 Å². The van der Waals surface area contributed by atoms with Crippen molar-refractivity contribution in [2.45, 2.75) is 51.1 Å². The van der Waals surface area contributed by atoms with Gasteiger partial charge in [-0.15, -0.1) is 17.9 Å². The Morgan fingerprint density at radius 1 is 1.59 bits per heavy atom. The molecule has 1 aliphatic heterocycles. The summed E-state index contributed by atoms with van der Waals surface area (Å²) in [5, 5.41) is 9.19. The number of thiazole rings is 1. The van der Waals surface area contributed by atoms with E-state index in [0.29, 0.717) is 0 Å². The Hall–Kier alpha value is -1.56. The summed E-state index contributed by atoms with van der Waals surface area (Å²) in [6, 6.07) is 0.422. The van der Waals surface area contributed by atoms with Gasteiger partial charge in [-0.3, -0.25) is 0 Å². The Kier molecular flexibility index (Phi) is 6.71. The van der Waals surface area contributed by atoms with Gasteiger partial charge in [0.2, 0.25) is 0 Å². The van der Waals surface area contributed by atoms with Crippen LogP contribution in [0.1, 0.15) is 39.0 Å². The van der Waals surface area contributed by atoms with E-state index in [9.17, 15) is 4.79 Å². The zero-order chi connectivity index (χ0) is 15.8. The van der Waals surface area contributed by atoms with Gasteiger partial charge in [0.05, 0.1) is 0 Å². The largest absolute Gasteiger partial charge is 0.348 e. The maximum atomic E-state index is 12.0. The molecule has 2 heterocycles. The van der Waals surface area contributed by atoms with E-state index >= 15 is 0 Å². The fraction of sp³-hybridized carbons (Fsp3) is 0.625. The third-order valence-electron chi connectivity index (χ3n) is 3.94. The number of aromatic nitrogens is 1. The van der Waals surface area contributed by atoms with E-state index in [-0.39, 0.29) is 18.1 Å². The SMILES string of the molecule is C=CCCCC(C)NC(=O)NC1CCN(c2nccs2)CC1. The number of carbonyl (C=O) groups excluding carboxylic acids is 1. The van der Waals surface area contributed by atoms with Crippen LogP contribution < -0.4 is 15.5 Å². The molecule has 1 aliphatic rings. The van der Waals surface area contributed by atoms with Gasteiger partial charge in [0.15, 0.2) is 5.13 Å². The topological polar surface area (TPSA) is 57.3 Å². The minimum atomic E-state index is -0.0428. The standard InChI is InChI=1S/C16H26N4OS/c1-3-4-5-6-13(2)18-15(21)19-14-7-10-20(11-8-14)16-17-9-12-22-16/h3,9,12-14H,1,4-8,10-11H2,2H3,(H2,18,19,21). The van der Waals surface area contributed by atoms with E-state index in [2.05, 4.69) is 27.1 Å². The van der Waals surface area contributed by atoms with Crippen LogP contribution >= 0.6 is 11.3 Å². The quantitative estimate of drug-likeness (QED) is 0.599. The van der Waals surface area contributed by atoms with Crippen LogP contribution in [0.2, 0.25) is 0 Å². The third-order valence-corrected chi connectivity index (χ3v) is 4.78. The third kappa shape index (κ3) is 5.33. The monoisotopic (exact) mass is 322 g/mol. The number of nitrogens with zero attached hydrogens (tertiary/aromatic N) is 2. The molecule has 2 amide bonds. The van der Waals surface area contributed by atoms with Gasteiger partial charge in [-0.1, -0.05) is 6.08 Å². The summed E-state index contributed by atoms with van der Waals surface area (Å²) < 4.78 is 0. The molecule has 0 saturated carbocycles. The zero-order valence-corrected chi connectivity index (χ0v) is 14.1. The highest BCUT2D eigenvalue weighted by Crippen LogP contribution is 2.21. The van der Waals surface area contributed by atoms with Gasteiger partial charge in [-0.2, -0.15) is 0 Å². The van der Waals surface area contributed by atoms with Crippen molar-refractivity contribution in [3.63, 3.8) is 0 Å². The van der Waals surface area contributed by atoms with Crippen molar-refractivity contribution in [2.24, 2.45) is 0 Å². The molecule has 5 nitrogen and oxygen atoms in total.